The molecule has 3 aromatic rings. The average Bonchev–Trinajstić information content (AvgIpc) is 3.15. The van der Waals surface area contributed by atoms with E-state index in [-0.39, 0.29) is 17.9 Å². The Balaban J connectivity index is 1.49. The Bertz CT molecular complexity index is 909. The van der Waals surface area contributed by atoms with Gasteiger partial charge in [-0.15, -0.1) is 0 Å². The van der Waals surface area contributed by atoms with E-state index in [2.05, 4.69) is 34.9 Å². The van der Waals surface area contributed by atoms with E-state index >= 15 is 0 Å². The van der Waals surface area contributed by atoms with Gasteiger partial charge in [-0.3, -0.25) is 0 Å². The third-order valence-corrected chi connectivity index (χ3v) is 4.82. The van der Waals surface area contributed by atoms with Crippen LogP contribution in [0.1, 0.15) is 28.8 Å². The standard InChI is InChI=1S/C23H22FN3/c24-20-14-8-7-9-17(20)15-16-25-23-26-21(18-10-3-1-4-11-18)22(27-23)19-12-5-2-6-13-19/h1-14,21-22H,15-16H2,(H2,25,26,27)/t21-,22+. The van der Waals surface area contributed by atoms with Crippen LogP contribution in [0.2, 0.25) is 0 Å². The van der Waals surface area contributed by atoms with Crippen molar-refractivity contribution < 1.29 is 4.39 Å². The smallest absolute Gasteiger partial charge is 0.192 e. The van der Waals surface area contributed by atoms with Crippen molar-refractivity contribution >= 4 is 5.96 Å². The molecule has 0 amide bonds. The van der Waals surface area contributed by atoms with Gasteiger partial charge >= 0.3 is 0 Å². The third-order valence-electron chi connectivity index (χ3n) is 4.82. The third kappa shape index (κ3) is 4.00. The highest BCUT2D eigenvalue weighted by Crippen LogP contribution is 2.35. The van der Waals surface area contributed by atoms with Crippen LogP contribution in [0.3, 0.4) is 0 Å². The van der Waals surface area contributed by atoms with Crippen molar-refractivity contribution in [3.63, 3.8) is 0 Å². The minimum Gasteiger partial charge on any atom is -0.356 e. The first-order chi connectivity index (χ1) is 13.3. The van der Waals surface area contributed by atoms with Crippen LogP contribution in [0.25, 0.3) is 0 Å². The number of halogens is 1. The van der Waals surface area contributed by atoms with Crippen molar-refractivity contribution in [1.29, 1.82) is 0 Å². The van der Waals surface area contributed by atoms with Gasteiger partial charge in [-0.2, -0.15) is 0 Å². The van der Waals surface area contributed by atoms with Crippen molar-refractivity contribution in [3.8, 4) is 0 Å². The number of nitrogens with zero attached hydrogens (tertiary/aromatic N) is 1. The minimum absolute atomic E-state index is 0.00422. The fourth-order valence-corrected chi connectivity index (χ4v) is 3.43. The molecule has 0 aromatic heterocycles. The summed E-state index contributed by atoms with van der Waals surface area (Å²) in [6.07, 6.45) is 0.610. The van der Waals surface area contributed by atoms with Crippen molar-refractivity contribution in [1.82, 2.24) is 10.6 Å². The molecular formula is C23H22FN3. The monoisotopic (exact) mass is 359 g/mol. The van der Waals surface area contributed by atoms with Gasteiger partial charge in [-0.25, -0.2) is 9.38 Å². The van der Waals surface area contributed by atoms with Crippen LogP contribution in [0.15, 0.2) is 89.9 Å². The molecule has 136 valence electrons. The van der Waals surface area contributed by atoms with Gasteiger partial charge in [0.25, 0.3) is 0 Å². The van der Waals surface area contributed by atoms with E-state index in [0.717, 1.165) is 5.96 Å². The Morgan fingerprint density at radius 3 is 2.15 bits per heavy atom. The highest BCUT2D eigenvalue weighted by Gasteiger charge is 2.30. The second kappa shape index (κ2) is 8.04. The summed E-state index contributed by atoms with van der Waals surface area (Å²) in [6, 6.07) is 27.6. The predicted molar refractivity (Wildman–Crippen MR) is 107 cm³/mol. The van der Waals surface area contributed by atoms with Gasteiger partial charge < -0.3 is 10.6 Å². The summed E-state index contributed by atoms with van der Waals surface area (Å²) in [5, 5.41) is 6.83. The summed E-state index contributed by atoms with van der Waals surface area (Å²) in [5.74, 6) is 0.596. The van der Waals surface area contributed by atoms with Gasteiger partial charge in [-0.05, 0) is 29.2 Å². The molecule has 2 atom stereocenters. The van der Waals surface area contributed by atoms with Crippen molar-refractivity contribution in [2.24, 2.45) is 4.99 Å². The molecule has 0 fully saturated rings. The molecule has 4 heteroatoms. The zero-order valence-corrected chi connectivity index (χ0v) is 15.0. The van der Waals surface area contributed by atoms with Gasteiger partial charge in [0.05, 0.1) is 6.04 Å². The van der Waals surface area contributed by atoms with Crippen LogP contribution in [0.5, 0.6) is 0 Å². The molecule has 0 saturated heterocycles. The number of benzene rings is 3. The fourth-order valence-electron chi connectivity index (χ4n) is 3.43. The van der Waals surface area contributed by atoms with E-state index in [1.807, 2.05) is 48.5 Å². The molecule has 0 aliphatic carbocycles. The molecular weight excluding hydrogens is 337 g/mol. The zero-order valence-electron chi connectivity index (χ0n) is 15.0. The summed E-state index contributed by atoms with van der Waals surface area (Å²) >= 11 is 0. The SMILES string of the molecule is Fc1ccccc1CCNC1=N[C@@H](c2ccccc2)[C@@H](c2ccccc2)N1. The van der Waals surface area contributed by atoms with Crippen molar-refractivity contribution in [3.05, 3.63) is 107 Å². The second-order valence-corrected chi connectivity index (χ2v) is 6.63. The Hall–Kier alpha value is -3.14. The largest absolute Gasteiger partial charge is 0.356 e. The maximum absolute atomic E-state index is 13.8. The number of aliphatic imine (C=N–C) groups is 1. The highest BCUT2D eigenvalue weighted by molar-refractivity contribution is 5.82. The Labute approximate surface area is 159 Å². The molecule has 1 aliphatic heterocycles. The predicted octanol–water partition coefficient (Wildman–Crippen LogP) is 4.40. The maximum atomic E-state index is 13.8. The average molecular weight is 359 g/mol. The molecule has 3 nitrogen and oxygen atoms in total. The molecule has 2 N–H and O–H groups in total. The highest BCUT2D eigenvalue weighted by atomic mass is 19.1. The van der Waals surface area contributed by atoms with Crippen LogP contribution in [0, 0.1) is 5.82 Å². The number of guanidine groups is 1. The molecule has 0 radical (unpaired) electrons. The van der Waals surface area contributed by atoms with Crippen LogP contribution < -0.4 is 10.6 Å². The topological polar surface area (TPSA) is 36.4 Å². The van der Waals surface area contributed by atoms with E-state index in [1.54, 1.807) is 6.07 Å². The molecule has 0 unspecified atom stereocenters. The second-order valence-electron chi connectivity index (χ2n) is 6.63. The number of nitrogens with one attached hydrogen (secondary N) is 2. The summed E-state index contributed by atoms with van der Waals surface area (Å²) in [7, 11) is 0. The quantitative estimate of drug-likeness (QED) is 0.708. The van der Waals surface area contributed by atoms with Gasteiger partial charge in [0.15, 0.2) is 5.96 Å². The van der Waals surface area contributed by atoms with Crippen LogP contribution in [-0.4, -0.2) is 12.5 Å². The van der Waals surface area contributed by atoms with E-state index in [1.165, 1.54) is 17.2 Å². The Kier molecular flexibility index (Phi) is 5.15. The molecule has 1 aliphatic rings. The van der Waals surface area contributed by atoms with Crippen molar-refractivity contribution in [2.75, 3.05) is 6.54 Å². The fraction of sp³-hybridized carbons (Fsp3) is 0.174. The Morgan fingerprint density at radius 1 is 0.815 bits per heavy atom. The lowest BCUT2D eigenvalue weighted by Crippen LogP contribution is -2.36. The number of hydrogen-bond acceptors (Lipinski definition) is 3. The normalized spacial score (nSPS) is 18.6. The molecule has 0 saturated carbocycles. The van der Waals surface area contributed by atoms with E-state index in [4.69, 9.17) is 4.99 Å². The van der Waals surface area contributed by atoms with E-state index in [0.29, 0.717) is 18.5 Å². The van der Waals surface area contributed by atoms with Gasteiger partial charge in [0.2, 0.25) is 0 Å². The summed E-state index contributed by atoms with van der Waals surface area (Å²) in [5.41, 5.74) is 3.08. The molecule has 1 heterocycles. The molecule has 4 rings (SSSR count). The van der Waals surface area contributed by atoms with E-state index < -0.39 is 0 Å². The first-order valence-corrected chi connectivity index (χ1v) is 9.23. The molecule has 0 spiro atoms. The first kappa shape index (κ1) is 17.3. The van der Waals surface area contributed by atoms with E-state index in [9.17, 15) is 4.39 Å². The van der Waals surface area contributed by atoms with Crippen LogP contribution in [0.4, 0.5) is 4.39 Å². The molecule has 0 bridgehead atoms. The van der Waals surface area contributed by atoms with Gasteiger partial charge in [0.1, 0.15) is 11.9 Å². The van der Waals surface area contributed by atoms with Crippen LogP contribution in [-0.2, 0) is 6.42 Å². The lowest BCUT2D eigenvalue weighted by Gasteiger charge is -2.19. The number of hydrogen-bond donors (Lipinski definition) is 2. The maximum Gasteiger partial charge on any atom is 0.192 e. The van der Waals surface area contributed by atoms with Crippen molar-refractivity contribution in [2.45, 2.75) is 18.5 Å². The lowest BCUT2D eigenvalue weighted by molar-refractivity contribution is 0.570. The van der Waals surface area contributed by atoms with Crippen LogP contribution >= 0.6 is 0 Å². The lowest BCUT2D eigenvalue weighted by atomic mass is 9.95. The summed E-state index contributed by atoms with van der Waals surface area (Å²) in [4.78, 5) is 4.87. The van der Waals surface area contributed by atoms with Gasteiger partial charge in [-0.1, -0.05) is 78.9 Å². The summed E-state index contributed by atoms with van der Waals surface area (Å²) < 4.78 is 13.8. The minimum atomic E-state index is -0.162. The van der Waals surface area contributed by atoms with Gasteiger partial charge in [0, 0.05) is 6.54 Å². The first-order valence-electron chi connectivity index (χ1n) is 9.23. The summed E-state index contributed by atoms with van der Waals surface area (Å²) in [6.45, 7) is 0.621. The molecule has 3 aromatic carbocycles. The zero-order chi connectivity index (χ0) is 18.5. The number of rotatable bonds is 5. The Morgan fingerprint density at radius 2 is 1.44 bits per heavy atom. The molecule has 27 heavy (non-hydrogen) atoms.